The van der Waals surface area contributed by atoms with Gasteiger partial charge in [-0.15, -0.1) is 0 Å². The van der Waals surface area contributed by atoms with Gasteiger partial charge in [0, 0.05) is 16.7 Å². The molecule has 1 aromatic heterocycles. The topological polar surface area (TPSA) is 38.7 Å². The molecule has 0 atom stereocenters. The van der Waals surface area contributed by atoms with Gasteiger partial charge in [0.25, 0.3) is 0 Å². The Hall–Kier alpha value is -6.19. The van der Waals surface area contributed by atoms with Gasteiger partial charge in [-0.2, -0.15) is 0 Å². The van der Waals surface area contributed by atoms with E-state index in [1.807, 2.05) is 97.1 Å². The minimum atomic E-state index is -0.286. The van der Waals surface area contributed by atoms with E-state index in [1.165, 1.54) is 37.7 Å². The van der Waals surface area contributed by atoms with E-state index >= 15 is 0 Å². The van der Waals surface area contributed by atoms with Crippen molar-refractivity contribution in [2.24, 2.45) is 0 Å². The molecule has 0 radical (unpaired) electrons. The molecular formula is C49H39N3. The molecule has 8 aromatic rings. The first-order valence-corrected chi connectivity index (χ1v) is 18.1. The zero-order valence-corrected chi connectivity index (χ0v) is 28.8. The lowest BCUT2D eigenvalue weighted by Crippen LogP contribution is -2.06. The third-order valence-electron chi connectivity index (χ3n) is 10.2. The van der Waals surface area contributed by atoms with Gasteiger partial charge in [0.15, 0.2) is 17.5 Å². The number of rotatable bonds is 7. The van der Waals surface area contributed by atoms with E-state index in [-0.39, 0.29) is 41.1 Å². The van der Waals surface area contributed by atoms with Crippen LogP contribution in [0.4, 0.5) is 0 Å². The molecule has 0 saturated heterocycles. The summed E-state index contributed by atoms with van der Waals surface area (Å²) in [6, 6.07) is 47.8. The third-order valence-corrected chi connectivity index (χ3v) is 10.2. The number of aromatic nitrogens is 3. The molecule has 1 heterocycles. The molecule has 0 bridgehead atoms. The molecule has 250 valence electrons. The molecule has 0 N–H and O–H groups in total. The van der Waals surface area contributed by atoms with Gasteiger partial charge in [0.1, 0.15) is 0 Å². The summed E-state index contributed by atoms with van der Waals surface area (Å²) in [6.45, 7) is 0. The molecule has 3 nitrogen and oxygen atoms in total. The second-order valence-corrected chi connectivity index (χ2v) is 13.5. The van der Waals surface area contributed by atoms with Crippen molar-refractivity contribution in [2.75, 3.05) is 0 Å². The Bertz CT molecular complexity index is 2710. The van der Waals surface area contributed by atoms with Gasteiger partial charge in [-0.3, -0.25) is 0 Å². The van der Waals surface area contributed by atoms with Crippen LogP contribution in [0.15, 0.2) is 170 Å². The summed E-state index contributed by atoms with van der Waals surface area (Å²) in [7, 11) is 0. The quantitative estimate of drug-likeness (QED) is 0.169. The van der Waals surface area contributed by atoms with Crippen LogP contribution in [0.3, 0.4) is 0 Å². The Labute approximate surface area is 311 Å². The van der Waals surface area contributed by atoms with Gasteiger partial charge in [-0.05, 0) is 92.7 Å². The maximum absolute atomic E-state index is 9.76. The Balaban J connectivity index is 1.27. The van der Waals surface area contributed by atoms with Gasteiger partial charge in [0.2, 0.25) is 0 Å². The first-order chi connectivity index (χ1) is 27.4. The molecule has 0 spiro atoms. The highest BCUT2D eigenvalue weighted by Gasteiger charge is 2.21. The lowest BCUT2D eigenvalue weighted by molar-refractivity contribution is 0.444. The maximum atomic E-state index is 9.76. The molecule has 3 heteroatoms. The maximum Gasteiger partial charge on any atom is 0.164 e. The van der Waals surface area contributed by atoms with Crippen molar-refractivity contribution in [3.8, 4) is 67.5 Å². The molecule has 1 saturated carbocycles. The van der Waals surface area contributed by atoms with E-state index < -0.39 is 0 Å². The molecule has 0 aliphatic heterocycles. The van der Waals surface area contributed by atoms with Crippen LogP contribution in [0, 0.1) is 0 Å². The van der Waals surface area contributed by atoms with Crippen LogP contribution in [0.5, 0.6) is 0 Å². The van der Waals surface area contributed by atoms with Gasteiger partial charge >= 0.3 is 0 Å². The van der Waals surface area contributed by atoms with E-state index in [0.29, 0.717) is 23.1 Å². The fourth-order valence-electron chi connectivity index (χ4n) is 7.57. The number of fused-ring (bicyclic) bond motifs is 1. The lowest BCUT2D eigenvalue weighted by Gasteiger charge is -2.25. The summed E-state index contributed by atoms with van der Waals surface area (Å²) in [5.74, 6) is 1.42. The van der Waals surface area contributed by atoms with Crippen LogP contribution >= 0.6 is 0 Å². The predicted molar refractivity (Wildman–Crippen MR) is 216 cm³/mol. The average Bonchev–Trinajstić information content (AvgIpc) is 3.26. The Kier molecular flexibility index (Phi) is 7.52. The van der Waals surface area contributed by atoms with Gasteiger partial charge in [0.05, 0.1) is 5.48 Å². The minimum Gasteiger partial charge on any atom is -0.208 e. The summed E-state index contributed by atoms with van der Waals surface area (Å²) in [6.07, 6.45) is 6.06. The molecular weight excluding hydrogens is 631 g/mol. The minimum absolute atomic E-state index is 0.0693. The molecule has 52 heavy (non-hydrogen) atoms. The predicted octanol–water partition coefficient (Wildman–Crippen LogP) is 13.1. The van der Waals surface area contributed by atoms with Gasteiger partial charge in [-0.25, -0.2) is 15.0 Å². The number of nitrogens with zero attached hydrogens (tertiary/aromatic N) is 3. The summed E-state index contributed by atoms with van der Waals surface area (Å²) in [5, 5.41) is 1.80. The fourth-order valence-corrected chi connectivity index (χ4v) is 7.57. The zero-order chi connectivity index (χ0) is 38.2. The van der Waals surface area contributed by atoms with Crippen molar-refractivity contribution in [2.45, 2.75) is 38.0 Å². The van der Waals surface area contributed by atoms with Crippen LogP contribution < -0.4 is 0 Å². The van der Waals surface area contributed by atoms with Crippen LogP contribution in [0.25, 0.3) is 78.3 Å². The Morgan fingerprint density at radius 3 is 1.75 bits per heavy atom. The number of hydrogen-bond donors (Lipinski definition) is 0. The number of benzene rings is 7. The number of hydrogen-bond acceptors (Lipinski definition) is 3. The second kappa shape index (κ2) is 14.2. The highest BCUT2D eigenvalue weighted by Crippen LogP contribution is 2.40. The van der Waals surface area contributed by atoms with Crippen LogP contribution in [-0.4, -0.2) is 15.0 Å². The molecule has 7 aromatic carbocycles. The molecule has 0 unspecified atom stereocenters. The fraction of sp³-hybridized carbons (Fsp3) is 0.122. The molecule has 9 rings (SSSR count). The van der Waals surface area contributed by atoms with Crippen molar-refractivity contribution >= 4 is 10.8 Å². The highest BCUT2D eigenvalue weighted by molar-refractivity contribution is 6.00. The van der Waals surface area contributed by atoms with Gasteiger partial charge in [-0.1, -0.05) is 165 Å². The van der Waals surface area contributed by atoms with E-state index in [1.54, 1.807) is 0 Å². The Morgan fingerprint density at radius 1 is 0.442 bits per heavy atom. The summed E-state index contributed by atoms with van der Waals surface area (Å²) in [4.78, 5) is 15.0. The SMILES string of the molecule is [2H]c1c([2H])c(-c2nc(-c3ccccc3)nc(-c3ccc(C4CCCCC4)c(-c4ccccc4)c3)n2)c([2H])c(-c2cc(-c3ccccc3)cc3ccccc23)c1[2H]. The third kappa shape index (κ3) is 6.42. The molecule has 0 amide bonds. The lowest BCUT2D eigenvalue weighted by atomic mass is 9.80. The smallest absolute Gasteiger partial charge is 0.164 e. The van der Waals surface area contributed by atoms with E-state index in [9.17, 15) is 4.11 Å². The molecule has 1 fully saturated rings. The summed E-state index contributed by atoms with van der Waals surface area (Å²) >= 11 is 0. The largest absolute Gasteiger partial charge is 0.208 e. The summed E-state index contributed by atoms with van der Waals surface area (Å²) < 4.78 is 37.3. The van der Waals surface area contributed by atoms with E-state index in [4.69, 9.17) is 16.3 Å². The standard InChI is InChI=1S/C49H39N3/c1-5-16-34(17-6-1)42-31-38-24-13-14-27-43(38)46(33-42)39-25-15-26-40(30-39)48-50-47(37-22-11-4-12-23-37)51-49(52-48)41-28-29-44(35-18-7-2-8-19-35)45(32-41)36-20-9-3-10-21-36/h1,3-6,9-17,20-33,35H,2,7-8,18-19H2/i15D,25D,26D,30D. The highest BCUT2D eigenvalue weighted by atomic mass is 15.0. The average molecular weight is 674 g/mol. The van der Waals surface area contributed by atoms with E-state index in [0.717, 1.165) is 44.2 Å². The normalized spacial score (nSPS) is 14.4. The van der Waals surface area contributed by atoms with Crippen molar-refractivity contribution in [3.63, 3.8) is 0 Å². The van der Waals surface area contributed by atoms with Gasteiger partial charge < -0.3 is 0 Å². The molecule has 1 aliphatic rings. The van der Waals surface area contributed by atoms with Crippen molar-refractivity contribution < 1.29 is 5.48 Å². The zero-order valence-electron chi connectivity index (χ0n) is 32.8. The first kappa shape index (κ1) is 27.5. The van der Waals surface area contributed by atoms with Crippen LogP contribution in [0.2, 0.25) is 0 Å². The van der Waals surface area contributed by atoms with Crippen LogP contribution in [-0.2, 0) is 0 Å². The first-order valence-electron chi connectivity index (χ1n) is 20.1. The monoisotopic (exact) mass is 673 g/mol. The molecule has 1 aliphatic carbocycles. The van der Waals surface area contributed by atoms with E-state index in [2.05, 4.69) is 48.5 Å². The van der Waals surface area contributed by atoms with Crippen molar-refractivity contribution in [1.29, 1.82) is 0 Å². The Morgan fingerprint density at radius 2 is 1.02 bits per heavy atom. The van der Waals surface area contributed by atoms with Crippen molar-refractivity contribution in [1.82, 2.24) is 15.0 Å². The van der Waals surface area contributed by atoms with Crippen molar-refractivity contribution in [3.05, 3.63) is 175 Å². The summed E-state index contributed by atoms with van der Waals surface area (Å²) in [5.41, 5.74) is 8.12. The van der Waals surface area contributed by atoms with Crippen LogP contribution in [0.1, 0.15) is 49.1 Å². The second-order valence-electron chi connectivity index (χ2n) is 13.5.